The Balaban J connectivity index is 2.04. The lowest BCUT2D eigenvalue weighted by atomic mass is 9.70. The SMILES string of the molecule is C=CCN(CCC)C(=O)[C@@H]1[C@@H]2CCC3(O2)C(C(=O)N(CC=C)C(C)(C)C)N(CCCO)C(=O)[C@H]13. The molecule has 190 valence electrons. The monoisotopic (exact) mass is 475 g/mol. The summed E-state index contributed by atoms with van der Waals surface area (Å²) in [6, 6.07) is -0.822. The third kappa shape index (κ3) is 4.31. The highest BCUT2D eigenvalue weighted by Gasteiger charge is 2.75. The molecule has 3 aliphatic heterocycles. The molecule has 0 aliphatic carbocycles. The zero-order valence-corrected chi connectivity index (χ0v) is 21.2. The maximum atomic E-state index is 14.1. The van der Waals surface area contributed by atoms with Crippen LogP contribution >= 0.6 is 0 Å². The first kappa shape index (κ1) is 26.4. The summed E-state index contributed by atoms with van der Waals surface area (Å²) in [6.07, 6.45) is 5.37. The van der Waals surface area contributed by atoms with Crippen LogP contribution in [0, 0.1) is 11.8 Å². The van der Waals surface area contributed by atoms with E-state index in [1.54, 1.807) is 26.9 Å². The minimum Gasteiger partial charge on any atom is -0.396 e. The van der Waals surface area contributed by atoms with Gasteiger partial charge in [-0.2, -0.15) is 0 Å². The fourth-order valence-corrected chi connectivity index (χ4v) is 6.09. The van der Waals surface area contributed by atoms with Crippen LogP contribution in [0.5, 0.6) is 0 Å². The fraction of sp³-hybridized carbons (Fsp3) is 0.731. The van der Waals surface area contributed by atoms with Crippen molar-refractivity contribution >= 4 is 17.7 Å². The number of nitrogens with zero attached hydrogens (tertiary/aromatic N) is 3. The van der Waals surface area contributed by atoms with Crippen molar-refractivity contribution in [2.24, 2.45) is 11.8 Å². The lowest BCUT2D eigenvalue weighted by Gasteiger charge is -2.42. The van der Waals surface area contributed by atoms with Crippen molar-refractivity contribution in [1.29, 1.82) is 0 Å². The molecule has 3 saturated heterocycles. The second-order valence-corrected chi connectivity index (χ2v) is 10.6. The number of aliphatic hydroxyl groups excluding tert-OH is 1. The Labute approximate surface area is 203 Å². The van der Waals surface area contributed by atoms with Crippen molar-refractivity contribution in [2.45, 2.75) is 76.7 Å². The molecule has 2 unspecified atom stereocenters. The molecule has 3 amide bonds. The molecule has 0 radical (unpaired) electrons. The van der Waals surface area contributed by atoms with E-state index in [4.69, 9.17) is 4.74 Å². The Morgan fingerprint density at radius 1 is 1.24 bits per heavy atom. The van der Waals surface area contributed by atoms with Gasteiger partial charge in [0.25, 0.3) is 0 Å². The van der Waals surface area contributed by atoms with Gasteiger partial charge in [0, 0.05) is 38.3 Å². The molecule has 3 fully saturated rings. The number of amides is 3. The van der Waals surface area contributed by atoms with E-state index in [0.29, 0.717) is 38.9 Å². The van der Waals surface area contributed by atoms with E-state index in [1.807, 2.05) is 27.7 Å². The molecule has 3 heterocycles. The zero-order chi connectivity index (χ0) is 25.3. The lowest BCUT2D eigenvalue weighted by molar-refractivity contribution is -0.152. The number of likely N-dealkylation sites (tertiary alicyclic amines) is 1. The van der Waals surface area contributed by atoms with Gasteiger partial charge in [0.1, 0.15) is 11.6 Å². The van der Waals surface area contributed by atoms with Crippen molar-refractivity contribution in [2.75, 3.05) is 32.8 Å². The summed E-state index contributed by atoms with van der Waals surface area (Å²) in [5.41, 5.74) is -1.51. The minimum atomic E-state index is -1.02. The van der Waals surface area contributed by atoms with Crippen LogP contribution in [0.1, 0.15) is 53.4 Å². The lowest BCUT2D eigenvalue weighted by Crippen LogP contribution is -2.60. The number of carbonyl (C=O) groups excluding carboxylic acids is 3. The largest absolute Gasteiger partial charge is 0.396 e. The number of hydrogen-bond donors (Lipinski definition) is 1. The van der Waals surface area contributed by atoms with Gasteiger partial charge >= 0.3 is 0 Å². The number of hydrogen-bond acceptors (Lipinski definition) is 5. The van der Waals surface area contributed by atoms with Crippen LogP contribution in [0.25, 0.3) is 0 Å². The molecule has 1 spiro atoms. The molecule has 0 aromatic heterocycles. The van der Waals surface area contributed by atoms with Crippen molar-refractivity contribution in [1.82, 2.24) is 14.7 Å². The highest BCUT2D eigenvalue weighted by atomic mass is 16.5. The van der Waals surface area contributed by atoms with Crippen molar-refractivity contribution in [3.8, 4) is 0 Å². The van der Waals surface area contributed by atoms with Crippen LogP contribution in [0.3, 0.4) is 0 Å². The van der Waals surface area contributed by atoms with Gasteiger partial charge in [0.15, 0.2) is 0 Å². The molecule has 8 heteroatoms. The zero-order valence-electron chi connectivity index (χ0n) is 21.2. The van der Waals surface area contributed by atoms with Crippen molar-refractivity contribution in [3.05, 3.63) is 25.3 Å². The second kappa shape index (κ2) is 10.2. The van der Waals surface area contributed by atoms with E-state index in [2.05, 4.69) is 13.2 Å². The van der Waals surface area contributed by atoms with Gasteiger partial charge in [-0.05, 0) is 46.5 Å². The van der Waals surface area contributed by atoms with Crippen LogP contribution < -0.4 is 0 Å². The molecule has 5 atom stereocenters. The summed E-state index contributed by atoms with van der Waals surface area (Å²) in [5, 5.41) is 9.48. The smallest absolute Gasteiger partial charge is 0.249 e. The Hall–Kier alpha value is -2.19. The summed E-state index contributed by atoms with van der Waals surface area (Å²) in [5.74, 6) is -1.80. The third-order valence-corrected chi connectivity index (χ3v) is 7.42. The first-order chi connectivity index (χ1) is 16.1. The predicted octanol–water partition coefficient (Wildman–Crippen LogP) is 1.98. The highest BCUT2D eigenvalue weighted by molar-refractivity contribution is 5.99. The summed E-state index contributed by atoms with van der Waals surface area (Å²) in [4.78, 5) is 46.7. The van der Waals surface area contributed by atoms with Gasteiger partial charge in [-0.15, -0.1) is 13.2 Å². The molecular formula is C26H41N3O5. The first-order valence-corrected chi connectivity index (χ1v) is 12.5. The Kier molecular flexibility index (Phi) is 7.92. The highest BCUT2D eigenvalue weighted by Crippen LogP contribution is 2.59. The van der Waals surface area contributed by atoms with Gasteiger partial charge in [-0.3, -0.25) is 14.4 Å². The van der Waals surface area contributed by atoms with Gasteiger partial charge in [0.05, 0.1) is 17.9 Å². The van der Waals surface area contributed by atoms with Crippen molar-refractivity contribution < 1.29 is 24.2 Å². The molecule has 3 aliphatic rings. The molecule has 1 N–H and O–H groups in total. The Morgan fingerprint density at radius 2 is 1.91 bits per heavy atom. The molecule has 0 aromatic rings. The number of fused-ring (bicyclic) bond motifs is 1. The molecule has 0 saturated carbocycles. The van der Waals surface area contributed by atoms with Gasteiger partial charge in [-0.1, -0.05) is 19.1 Å². The normalized spacial score (nSPS) is 29.8. The van der Waals surface area contributed by atoms with E-state index in [9.17, 15) is 19.5 Å². The van der Waals surface area contributed by atoms with E-state index in [0.717, 1.165) is 6.42 Å². The van der Waals surface area contributed by atoms with Crippen LogP contribution in [0.2, 0.25) is 0 Å². The molecular weight excluding hydrogens is 434 g/mol. The molecule has 3 rings (SSSR count). The van der Waals surface area contributed by atoms with Crippen LogP contribution in [0.4, 0.5) is 0 Å². The maximum Gasteiger partial charge on any atom is 0.249 e. The van der Waals surface area contributed by atoms with Crippen LogP contribution in [-0.2, 0) is 19.1 Å². The Bertz CT molecular complexity index is 822. The predicted molar refractivity (Wildman–Crippen MR) is 130 cm³/mol. The standard InChI is InChI=1S/C26H41N3O5/c1-7-13-27(14-8-2)22(31)19-18-11-12-26(34-18)20(19)23(32)28(16-10-17-30)21(26)24(33)29(15-9-3)25(4,5)6/h7,9,18-21,30H,1,3,8,10-17H2,2,4-6H3/t18-,19+,20-,21?,26?/m0/s1. The summed E-state index contributed by atoms with van der Waals surface area (Å²) >= 11 is 0. The quantitative estimate of drug-likeness (QED) is 0.462. The topological polar surface area (TPSA) is 90.4 Å². The number of ether oxygens (including phenoxy) is 1. The average Bonchev–Trinajstić information content (AvgIpc) is 3.41. The Morgan fingerprint density at radius 3 is 2.47 bits per heavy atom. The molecule has 8 nitrogen and oxygen atoms in total. The first-order valence-electron chi connectivity index (χ1n) is 12.5. The second-order valence-electron chi connectivity index (χ2n) is 10.6. The van der Waals surface area contributed by atoms with Gasteiger partial charge < -0.3 is 24.5 Å². The van der Waals surface area contributed by atoms with Crippen LogP contribution in [0.15, 0.2) is 25.3 Å². The van der Waals surface area contributed by atoms with Gasteiger partial charge in [-0.25, -0.2) is 0 Å². The van der Waals surface area contributed by atoms with E-state index >= 15 is 0 Å². The number of aliphatic hydroxyl groups is 1. The fourth-order valence-electron chi connectivity index (χ4n) is 6.09. The number of carbonyl (C=O) groups is 3. The minimum absolute atomic E-state index is 0.0898. The molecule has 2 bridgehead atoms. The van der Waals surface area contributed by atoms with E-state index < -0.39 is 29.0 Å². The summed E-state index contributed by atoms with van der Waals surface area (Å²) in [6.45, 7) is 17.0. The van der Waals surface area contributed by atoms with E-state index in [1.165, 1.54) is 0 Å². The summed E-state index contributed by atoms with van der Waals surface area (Å²) < 4.78 is 6.51. The van der Waals surface area contributed by atoms with E-state index in [-0.39, 0.29) is 37.0 Å². The molecule has 0 aromatic carbocycles. The van der Waals surface area contributed by atoms with Crippen molar-refractivity contribution in [3.63, 3.8) is 0 Å². The average molecular weight is 476 g/mol. The van der Waals surface area contributed by atoms with Crippen LogP contribution in [-0.4, -0.2) is 93.6 Å². The molecule has 34 heavy (non-hydrogen) atoms. The third-order valence-electron chi connectivity index (χ3n) is 7.42. The maximum absolute atomic E-state index is 14.1. The summed E-state index contributed by atoms with van der Waals surface area (Å²) in [7, 11) is 0. The number of rotatable bonds is 11. The van der Waals surface area contributed by atoms with Gasteiger partial charge in [0.2, 0.25) is 17.7 Å².